The monoisotopic (exact) mass is 643 g/mol. The maximum absolute atomic E-state index is 13.3. The predicted molar refractivity (Wildman–Crippen MR) is 166 cm³/mol. The van der Waals surface area contributed by atoms with Crippen molar-refractivity contribution in [2.24, 2.45) is 0 Å². The Labute approximate surface area is 263 Å². The first-order valence-electron chi connectivity index (χ1n) is 14.6. The van der Waals surface area contributed by atoms with Crippen molar-refractivity contribution in [3.63, 3.8) is 0 Å². The average Bonchev–Trinajstić information content (AvgIpc) is 3.50. The third-order valence-electron chi connectivity index (χ3n) is 8.97. The summed E-state index contributed by atoms with van der Waals surface area (Å²) in [5, 5.41) is 0.841. The number of likely N-dealkylation sites (tertiary alicyclic amines) is 1. The van der Waals surface area contributed by atoms with Crippen LogP contribution in [0, 0.1) is 0 Å². The fourth-order valence-corrected chi connectivity index (χ4v) is 8.02. The van der Waals surface area contributed by atoms with Gasteiger partial charge >= 0.3 is 0 Å². The molecule has 3 heterocycles. The molecule has 0 aromatic heterocycles. The first-order valence-corrected chi connectivity index (χ1v) is 16.8. The van der Waals surface area contributed by atoms with Gasteiger partial charge in [-0.15, -0.1) is 0 Å². The molecule has 11 heteroatoms. The van der Waals surface area contributed by atoms with Gasteiger partial charge in [0, 0.05) is 62.5 Å². The highest BCUT2D eigenvalue weighted by Crippen LogP contribution is 2.36. The van der Waals surface area contributed by atoms with Crippen LogP contribution in [-0.4, -0.2) is 80.6 Å². The molecule has 2 saturated heterocycles. The first-order chi connectivity index (χ1) is 20.6. The number of ether oxygens (including phenoxy) is 2. The van der Waals surface area contributed by atoms with E-state index in [0.717, 1.165) is 51.1 Å². The summed E-state index contributed by atoms with van der Waals surface area (Å²) >= 11 is 12.1. The van der Waals surface area contributed by atoms with Gasteiger partial charge in [0.25, 0.3) is 5.91 Å². The fourth-order valence-electron chi connectivity index (χ4n) is 6.45. The van der Waals surface area contributed by atoms with Gasteiger partial charge in [-0.1, -0.05) is 35.3 Å². The molecule has 2 fully saturated rings. The first kappa shape index (κ1) is 30.2. The van der Waals surface area contributed by atoms with Crippen LogP contribution >= 0.6 is 23.2 Å². The number of sulfone groups is 1. The van der Waals surface area contributed by atoms with Crippen molar-refractivity contribution >= 4 is 38.9 Å². The zero-order chi connectivity index (χ0) is 30.3. The van der Waals surface area contributed by atoms with Gasteiger partial charge in [-0.2, -0.15) is 0 Å². The number of piperidine rings is 1. The third kappa shape index (κ3) is 6.11. The molecular weight excluding hydrogens is 609 g/mol. The molecule has 43 heavy (non-hydrogen) atoms. The van der Waals surface area contributed by atoms with E-state index in [4.69, 9.17) is 32.7 Å². The van der Waals surface area contributed by atoms with Crippen molar-refractivity contribution < 1.29 is 22.7 Å². The van der Waals surface area contributed by atoms with Crippen molar-refractivity contribution in [2.75, 3.05) is 39.5 Å². The van der Waals surface area contributed by atoms with Crippen LogP contribution in [0.3, 0.4) is 0 Å². The van der Waals surface area contributed by atoms with Crippen LogP contribution in [0.1, 0.15) is 48.7 Å². The van der Waals surface area contributed by atoms with E-state index < -0.39 is 9.84 Å². The van der Waals surface area contributed by atoms with Crippen LogP contribution in [0.4, 0.5) is 0 Å². The van der Waals surface area contributed by atoms with Crippen molar-refractivity contribution in [3.05, 3.63) is 81.8 Å². The summed E-state index contributed by atoms with van der Waals surface area (Å²) < 4.78 is 37.2. The molecule has 1 amide bonds. The molecule has 8 nitrogen and oxygen atoms in total. The Bertz CT molecular complexity index is 1610. The second-order valence-electron chi connectivity index (χ2n) is 11.5. The Morgan fingerprint density at radius 3 is 2.26 bits per heavy atom. The number of hydrogen-bond acceptors (Lipinski definition) is 7. The maximum atomic E-state index is 13.3. The highest BCUT2D eigenvalue weighted by atomic mass is 35.5. The van der Waals surface area contributed by atoms with E-state index in [-0.39, 0.29) is 28.5 Å². The van der Waals surface area contributed by atoms with E-state index in [1.807, 2.05) is 17.0 Å². The predicted octanol–water partition coefficient (Wildman–Crippen LogP) is 5.93. The highest BCUT2D eigenvalue weighted by Gasteiger charge is 2.34. The molecule has 3 aliphatic heterocycles. The summed E-state index contributed by atoms with van der Waals surface area (Å²) in [6.45, 7) is 8.79. The summed E-state index contributed by atoms with van der Waals surface area (Å²) in [6.07, 6.45) is 1.88. The van der Waals surface area contributed by atoms with Gasteiger partial charge in [-0.05, 0) is 74.7 Å². The van der Waals surface area contributed by atoms with E-state index in [2.05, 4.69) is 23.6 Å². The number of benzene rings is 3. The molecule has 0 bridgehead atoms. The number of amides is 1. The lowest BCUT2D eigenvalue weighted by atomic mass is 9.98. The van der Waals surface area contributed by atoms with Crippen LogP contribution in [-0.2, 0) is 9.84 Å². The molecule has 0 aliphatic carbocycles. The Balaban J connectivity index is 1.04. The lowest BCUT2D eigenvalue weighted by Gasteiger charge is -2.47. The molecule has 2 atom stereocenters. The highest BCUT2D eigenvalue weighted by molar-refractivity contribution is 7.91. The molecule has 0 saturated carbocycles. The number of carbonyl (C=O) groups is 1. The normalized spacial score (nSPS) is 20.7. The molecular formula is C32H35Cl2N3O5S. The van der Waals surface area contributed by atoms with E-state index >= 15 is 0 Å². The van der Waals surface area contributed by atoms with Crippen LogP contribution in [0.5, 0.6) is 11.5 Å². The van der Waals surface area contributed by atoms with E-state index in [1.54, 1.807) is 42.5 Å². The van der Waals surface area contributed by atoms with Gasteiger partial charge in [0.1, 0.15) is 0 Å². The van der Waals surface area contributed by atoms with Gasteiger partial charge in [-0.3, -0.25) is 14.6 Å². The zero-order valence-corrected chi connectivity index (χ0v) is 26.5. The Morgan fingerprint density at radius 2 is 1.56 bits per heavy atom. The van der Waals surface area contributed by atoms with Crippen LogP contribution < -0.4 is 9.47 Å². The Hall–Kier alpha value is -2.82. The summed E-state index contributed by atoms with van der Waals surface area (Å²) in [7, 11) is -3.68. The summed E-state index contributed by atoms with van der Waals surface area (Å²) in [5.41, 5.74) is 1.65. The van der Waals surface area contributed by atoms with Crippen molar-refractivity contribution in [1.82, 2.24) is 14.7 Å². The zero-order valence-electron chi connectivity index (χ0n) is 24.2. The Kier molecular flexibility index (Phi) is 8.63. The topological polar surface area (TPSA) is 79.4 Å². The molecule has 0 radical (unpaired) electrons. The molecule has 0 unspecified atom stereocenters. The van der Waals surface area contributed by atoms with Gasteiger partial charge in [0.2, 0.25) is 16.6 Å². The molecule has 3 aromatic rings. The van der Waals surface area contributed by atoms with Gasteiger partial charge in [0.05, 0.1) is 19.8 Å². The molecule has 3 aliphatic rings. The smallest absolute Gasteiger partial charge is 0.253 e. The van der Waals surface area contributed by atoms with Gasteiger partial charge in [0.15, 0.2) is 11.5 Å². The number of hydrogen-bond donors (Lipinski definition) is 0. The quantitative estimate of drug-likeness (QED) is 0.330. The standard InChI is InChI=1S/C32H35Cl2N3O5S/c1-21-19-36(25-11-13-35(14-12-25)32(38)24-5-9-28(33)29(34)17-24)15-16-37(21)22(2)23-3-6-26(7-4-23)43(39,40)27-8-10-30-31(18-27)42-20-41-30/h3-10,17-18,21-22,25H,11-16,19-20H2,1-2H3/t21-,22+/m1/s1. The second kappa shape index (κ2) is 12.3. The van der Waals surface area contributed by atoms with Crippen molar-refractivity contribution in [1.29, 1.82) is 0 Å². The van der Waals surface area contributed by atoms with Gasteiger partial charge in [-0.25, -0.2) is 8.42 Å². The van der Waals surface area contributed by atoms with Gasteiger partial charge < -0.3 is 14.4 Å². The third-order valence-corrected chi connectivity index (χ3v) is 11.5. The van der Waals surface area contributed by atoms with E-state index in [0.29, 0.717) is 39.2 Å². The molecule has 3 aromatic carbocycles. The molecule has 0 N–H and O–H groups in total. The van der Waals surface area contributed by atoms with E-state index in [1.165, 1.54) is 6.07 Å². The largest absolute Gasteiger partial charge is 0.454 e. The summed E-state index contributed by atoms with van der Waals surface area (Å²) in [5.74, 6) is 0.998. The molecule has 0 spiro atoms. The lowest BCUT2D eigenvalue weighted by Crippen LogP contribution is -2.57. The maximum Gasteiger partial charge on any atom is 0.253 e. The number of halogens is 2. The minimum atomic E-state index is -3.68. The van der Waals surface area contributed by atoms with Crippen LogP contribution in [0.15, 0.2) is 70.5 Å². The minimum Gasteiger partial charge on any atom is -0.454 e. The SMILES string of the molecule is C[C@@H]1CN(C2CCN(C(=O)c3ccc(Cl)c(Cl)c3)CC2)CCN1[C@@H](C)c1ccc(S(=O)(=O)c2ccc3c(c2)OCO3)cc1. The summed E-state index contributed by atoms with van der Waals surface area (Å²) in [4.78, 5) is 20.4. The van der Waals surface area contributed by atoms with Crippen LogP contribution in [0.25, 0.3) is 0 Å². The number of piperazine rings is 1. The minimum absolute atomic E-state index is 0.00117. The number of fused-ring (bicyclic) bond motifs is 1. The fraction of sp³-hybridized carbons (Fsp3) is 0.406. The van der Waals surface area contributed by atoms with Crippen molar-refractivity contribution in [3.8, 4) is 11.5 Å². The van der Waals surface area contributed by atoms with E-state index in [9.17, 15) is 13.2 Å². The summed E-state index contributed by atoms with van der Waals surface area (Å²) in [6, 6.07) is 17.9. The number of nitrogens with zero attached hydrogens (tertiary/aromatic N) is 3. The number of rotatable bonds is 6. The molecule has 6 rings (SSSR count). The Morgan fingerprint density at radius 1 is 0.860 bits per heavy atom. The number of carbonyl (C=O) groups excluding carboxylic acids is 1. The van der Waals surface area contributed by atoms with Crippen molar-refractivity contribution in [2.45, 2.75) is 54.6 Å². The second-order valence-corrected chi connectivity index (χ2v) is 14.3. The van der Waals surface area contributed by atoms with Crippen LogP contribution in [0.2, 0.25) is 10.0 Å². The molecule has 228 valence electrons. The lowest BCUT2D eigenvalue weighted by molar-refractivity contribution is 0.0135. The average molecular weight is 645 g/mol.